The van der Waals surface area contributed by atoms with Crippen LogP contribution < -0.4 is 0 Å². The molecule has 0 bridgehead atoms. The lowest BCUT2D eigenvalue weighted by Crippen LogP contribution is -2.50. The van der Waals surface area contributed by atoms with Crippen LogP contribution in [0.15, 0.2) is 11.8 Å². The van der Waals surface area contributed by atoms with Gasteiger partial charge in [0.1, 0.15) is 5.76 Å². The standard InChI is InChI=1S/C19H31F3O4SSi/c1-17(2,3)28(4,5)26-16-7-6-11-18-12-10-15(13(18)8-9-14(16)18)25-27(23,24)19(20,21)22/h10,13-14,16H,6-9,11-12H2,1-5H3/t13-,14+,16+,18+/m1/s1. The second-order valence-electron chi connectivity index (χ2n) is 10.1. The summed E-state index contributed by atoms with van der Waals surface area (Å²) in [5, 5.41) is 0.0819. The maximum atomic E-state index is 12.8. The topological polar surface area (TPSA) is 52.6 Å². The SMILES string of the molecule is CC(C)(C)[Si](C)(C)O[C@H]1CCC[C@]23CC=C(OS(=O)(=O)C(F)(F)F)[C@H]2CC[C@@H]13. The minimum Gasteiger partial charge on any atom is -0.414 e. The van der Waals surface area contributed by atoms with E-state index in [-0.39, 0.29) is 34.2 Å². The quantitative estimate of drug-likeness (QED) is 0.318. The lowest BCUT2D eigenvalue weighted by Gasteiger charge is -2.48. The van der Waals surface area contributed by atoms with E-state index in [0.717, 1.165) is 25.7 Å². The fourth-order valence-corrected chi connectivity index (χ4v) is 7.07. The van der Waals surface area contributed by atoms with Crippen molar-refractivity contribution in [1.29, 1.82) is 0 Å². The van der Waals surface area contributed by atoms with Crippen LogP contribution in [0.4, 0.5) is 13.2 Å². The molecule has 0 aromatic rings. The van der Waals surface area contributed by atoms with Crippen molar-refractivity contribution in [3.8, 4) is 0 Å². The van der Waals surface area contributed by atoms with E-state index in [1.165, 1.54) is 0 Å². The summed E-state index contributed by atoms with van der Waals surface area (Å²) in [5.41, 5.74) is -5.62. The van der Waals surface area contributed by atoms with Gasteiger partial charge in [-0.3, -0.25) is 0 Å². The number of hydrogen-bond donors (Lipinski definition) is 0. The summed E-state index contributed by atoms with van der Waals surface area (Å²) in [5.74, 6) is -0.0282. The molecule has 2 fully saturated rings. The van der Waals surface area contributed by atoms with Crippen molar-refractivity contribution < 1.29 is 30.2 Å². The van der Waals surface area contributed by atoms with Gasteiger partial charge in [-0.15, -0.1) is 0 Å². The summed E-state index contributed by atoms with van der Waals surface area (Å²) in [6, 6.07) is 0. The van der Waals surface area contributed by atoms with E-state index in [1.54, 1.807) is 6.08 Å². The molecule has 0 aliphatic heterocycles. The van der Waals surface area contributed by atoms with Crippen molar-refractivity contribution in [3.05, 3.63) is 11.8 Å². The minimum atomic E-state index is -5.62. The van der Waals surface area contributed by atoms with Crippen molar-refractivity contribution in [2.45, 2.75) is 89.0 Å². The molecular weight excluding hydrogens is 409 g/mol. The predicted octanol–water partition coefficient (Wildman–Crippen LogP) is 5.73. The molecule has 0 amide bonds. The largest absolute Gasteiger partial charge is 0.534 e. The third-order valence-corrected chi connectivity index (χ3v) is 13.0. The maximum absolute atomic E-state index is 12.8. The van der Waals surface area contributed by atoms with Crippen LogP contribution >= 0.6 is 0 Å². The van der Waals surface area contributed by atoms with Gasteiger partial charge in [0.2, 0.25) is 0 Å². The molecule has 3 rings (SSSR count). The van der Waals surface area contributed by atoms with Gasteiger partial charge in [0.05, 0.1) is 0 Å². The summed E-state index contributed by atoms with van der Waals surface area (Å²) in [6.07, 6.45) is 6.53. The smallest absolute Gasteiger partial charge is 0.414 e. The Morgan fingerprint density at radius 3 is 2.36 bits per heavy atom. The van der Waals surface area contributed by atoms with Crippen molar-refractivity contribution in [2.24, 2.45) is 17.3 Å². The van der Waals surface area contributed by atoms with Crippen molar-refractivity contribution in [2.75, 3.05) is 0 Å². The summed E-state index contributed by atoms with van der Waals surface area (Å²) < 4.78 is 72.6. The summed E-state index contributed by atoms with van der Waals surface area (Å²) in [7, 11) is -7.59. The molecule has 0 radical (unpaired) electrons. The lowest BCUT2D eigenvalue weighted by molar-refractivity contribution is -0.0537. The lowest BCUT2D eigenvalue weighted by atomic mass is 9.63. The van der Waals surface area contributed by atoms with Gasteiger partial charge in [0, 0.05) is 12.0 Å². The zero-order chi connectivity index (χ0) is 21.2. The van der Waals surface area contributed by atoms with Gasteiger partial charge in [-0.05, 0) is 67.6 Å². The molecule has 4 atom stereocenters. The average molecular weight is 441 g/mol. The van der Waals surface area contributed by atoms with Crippen molar-refractivity contribution in [3.63, 3.8) is 0 Å². The summed E-state index contributed by atoms with van der Waals surface area (Å²) in [6.45, 7) is 11.0. The molecule has 2 saturated carbocycles. The van der Waals surface area contributed by atoms with Crippen molar-refractivity contribution >= 4 is 18.4 Å². The molecule has 28 heavy (non-hydrogen) atoms. The molecule has 0 heterocycles. The Labute approximate surface area is 167 Å². The van der Waals surface area contributed by atoms with Gasteiger partial charge in [0.15, 0.2) is 8.32 Å². The zero-order valence-electron chi connectivity index (χ0n) is 17.2. The van der Waals surface area contributed by atoms with Gasteiger partial charge in [-0.1, -0.05) is 27.2 Å². The second kappa shape index (κ2) is 6.73. The minimum absolute atomic E-state index is 0.00667. The summed E-state index contributed by atoms with van der Waals surface area (Å²) >= 11 is 0. The highest BCUT2D eigenvalue weighted by Crippen LogP contribution is 2.64. The van der Waals surface area contributed by atoms with Crippen LogP contribution in [0.2, 0.25) is 18.1 Å². The van der Waals surface area contributed by atoms with Crippen LogP contribution in [-0.2, 0) is 18.7 Å². The molecular formula is C19H31F3O4SSi. The summed E-state index contributed by atoms with van der Waals surface area (Å²) in [4.78, 5) is 0. The predicted molar refractivity (Wildman–Crippen MR) is 103 cm³/mol. The Bertz CT molecular complexity index is 754. The van der Waals surface area contributed by atoms with Crippen LogP contribution in [0.1, 0.15) is 59.3 Å². The van der Waals surface area contributed by atoms with Crippen LogP contribution in [0, 0.1) is 17.3 Å². The molecule has 9 heteroatoms. The Morgan fingerprint density at radius 2 is 1.79 bits per heavy atom. The van der Waals surface area contributed by atoms with Crippen LogP contribution in [0.25, 0.3) is 0 Å². The third kappa shape index (κ3) is 3.55. The van der Waals surface area contributed by atoms with Crippen LogP contribution in [-0.4, -0.2) is 28.3 Å². The molecule has 4 nitrogen and oxygen atoms in total. The molecule has 0 aromatic heterocycles. The molecule has 162 valence electrons. The fraction of sp³-hybridized carbons (Fsp3) is 0.895. The van der Waals surface area contributed by atoms with Gasteiger partial charge < -0.3 is 8.61 Å². The Balaban J connectivity index is 1.80. The first-order valence-electron chi connectivity index (χ1n) is 9.99. The molecule has 1 spiro atoms. The Hall–Kier alpha value is -0.543. The van der Waals surface area contributed by atoms with E-state index >= 15 is 0 Å². The first kappa shape index (κ1) is 22.1. The highest BCUT2D eigenvalue weighted by Gasteiger charge is 2.60. The molecule has 3 aliphatic carbocycles. The monoisotopic (exact) mass is 440 g/mol. The van der Waals surface area contributed by atoms with Gasteiger partial charge in [-0.25, -0.2) is 0 Å². The molecule has 0 unspecified atom stereocenters. The number of allylic oxidation sites excluding steroid dienone is 2. The number of alkyl halides is 3. The zero-order valence-corrected chi connectivity index (χ0v) is 19.0. The molecule has 0 saturated heterocycles. The molecule has 0 N–H and O–H groups in total. The number of halogens is 3. The third-order valence-electron chi connectivity index (χ3n) is 7.55. The normalized spacial score (nSPS) is 34.0. The van der Waals surface area contributed by atoms with Gasteiger partial charge >= 0.3 is 15.6 Å². The second-order valence-corrected chi connectivity index (χ2v) is 16.4. The van der Waals surface area contributed by atoms with E-state index in [9.17, 15) is 21.6 Å². The van der Waals surface area contributed by atoms with Crippen LogP contribution in [0.5, 0.6) is 0 Å². The highest BCUT2D eigenvalue weighted by atomic mass is 32.2. The van der Waals surface area contributed by atoms with Crippen molar-refractivity contribution in [1.82, 2.24) is 0 Å². The highest BCUT2D eigenvalue weighted by molar-refractivity contribution is 7.87. The van der Waals surface area contributed by atoms with E-state index < -0.39 is 23.9 Å². The van der Waals surface area contributed by atoms with Gasteiger partial charge in [0.25, 0.3) is 0 Å². The first-order valence-corrected chi connectivity index (χ1v) is 14.3. The Morgan fingerprint density at radius 1 is 1.14 bits per heavy atom. The maximum Gasteiger partial charge on any atom is 0.534 e. The van der Waals surface area contributed by atoms with E-state index in [4.69, 9.17) is 4.43 Å². The van der Waals surface area contributed by atoms with Crippen LogP contribution in [0.3, 0.4) is 0 Å². The van der Waals surface area contributed by atoms with Gasteiger partial charge in [-0.2, -0.15) is 21.6 Å². The molecule has 0 aromatic carbocycles. The van der Waals surface area contributed by atoms with E-state index in [1.807, 2.05) is 0 Å². The fourth-order valence-electron chi connectivity index (χ4n) is 5.15. The number of rotatable bonds is 4. The average Bonchev–Trinajstić information content (AvgIpc) is 3.02. The van der Waals surface area contributed by atoms with E-state index in [0.29, 0.717) is 12.8 Å². The Kier molecular flexibility index (Phi) is 5.33. The first-order chi connectivity index (χ1) is 12.6. The number of hydrogen-bond acceptors (Lipinski definition) is 4. The van der Waals surface area contributed by atoms with E-state index in [2.05, 4.69) is 38.0 Å². The molecule has 3 aliphatic rings.